The smallest absolute Gasteiger partial charge is 0.162 e. The third-order valence-electron chi connectivity index (χ3n) is 4.22. The Balaban J connectivity index is 1.96. The van der Waals surface area contributed by atoms with Crippen molar-refractivity contribution in [1.82, 2.24) is 10.4 Å². The number of nitrogens with two attached hydrogens (primary N) is 1. The van der Waals surface area contributed by atoms with Crippen molar-refractivity contribution in [3.05, 3.63) is 46.2 Å². The lowest BCUT2D eigenvalue weighted by Gasteiger charge is -2.17. The summed E-state index contributed by atoms with van der Waals surface area (Å²) in [7, 11) is 1.61. The number of rotatable bonds is 5. The lowest BCUT2D eigenvalue weighted by Crippen LogP contribution is -2.31. The second-order valence-corrected chi connectivity index (χ2v) is 6.76. The molecule has 8 heteroatoms. The average Bonchev–Trinajstić information content (AvgIpc) is 3.15. The van der Waals surface area contributed by atoms with Crippen LogP contribution >= 0.6 is 23.2 Å². The molecule has 0 aliphatic heterocycles. The van der Waals surface area contributed by atoms with Crippen LogP contribution in [0.1, 0.15) is 31.2 Å². The van der Waals surface area contributed by atoms with Crippen LogP contribution in [0.25, 0.3) is 0 Å². The van der Waals surface area contributed by atoms with Crippen molar-refractivity contribution in [1.29, 1.82) is 0 Å². The molecule has 1 heterocycles. The zero-order chi connectivity index (χ0) is 18.5. The second kappa shape index (κ2) is 8.58. The number of hydrogen-bond donors (Lipinski definition) is 2. The molecule has 1 aromatic carbocycles. The first-order valence-electron chi connectivity index (χ1n) is 8.31. The molecule has 1 aliphatic rings. The molecule has 138 valence electrons. The summed E-state index contributed by atoms with van der Waals surface area (Å²) in [6.45, 7) is 0. The van der Waals surface area contributed by atoms with Crippen LogP contribution in [0, 0.1) is 0 Å². The largest absolute Gasteiger partial charge is 0.493 e. The van der Waals surface area contributed by atoms with Crippen LogP contribution in [-0.2, 0) is 0 Å². The summed E-state index contributed by atoms with van der Waals surface area (Å²) in [5.41, 5.74) is 3.72. The zero-order valence-electron chi connectivity index (χ0n) is 14.3. The van der Waals surface area contributed by atoms with E-state index in [-0.39, 0.29) is 6.10 Å². The fraction of sp³-hybridized carbons (Fsp3) is 0.333. The molecule has 0 saturated heterocycles. The van der Waals surface area contributed by atoms with E-state index in [4.69, 9.17) is 38.5 Å². The quantitative estimate of drug-likeness (QED) is 0.342. The Morgan fingerprint density at radius 1 is 1.19 bits per heavy atom. The highest BCUT2D eigenvalue weighted by Crippen LogP contribution is 2.34. The van der Waals surface area contributed by atoms with Gasteiger partial charge in [0.25, 0.3) is 0 Å². The molecule has 0 spiro atoms. The van der Waals surface area contributed by atoms with Crippen molar-refractivity contribution in [3.8, 4) is 11.5 Å². The Labute approximate surface area is 162 Å². The highest BCUT2D eigenvalue weighted by atomic mass is 35.5. The number of halogens is 2. The van der Waals surface area contributed by atoms with Gasteiger partial charge in [-0.3, -0.25) is 4.98 Å². The molecule has 0 bridgehead atoms. The Kier molecular flexibility index (Phi) is 6.19. The first-order chi connectivity index (χ1) is 12.6. The van der Waals surface area contributed by atoms with Crippen molar-refractivity contribution < 1.29 is 9.47 Å². The van der Waals surface area contributed by atoms with E-state index >= 15 is 0 Å². The highest BCUT2D eigenvalue weighted by molar-refractivity contribution is 6.38. The number of hydrogen-bond acceptors (Lipinski definition) is 5. The number of nitrogens with zero attached hydrogens (tertiary/aromatic N) is 2. The summed E-state index contributed by atoms with van der Waals surface area (Å²) in [4.78, 5) is 8.38. The standard InChI is InChI=1S/C18H20Cl2N4O2/c1-25-15-7-6-11(8-16(15)26-12-4-2-3-5-12)18(24-21)23-17-13(19)9-22-10-14(17)20/h6-10,12H,2-5,21H2,1H3,(H,22,23,24). The van der Waals surface area contributed by atoms with E-state index in [9.17, 15) is 0 Å². The third kappa shape index (κ3) is 4.20. The van der Waals surface area contributed by atoms with Crippen molar-refractivity contribution >= 4 is 34.7 Å². The number of aromatic nitrogens is 1. The molecule has 6 nitrogen and oxygen atoms in total. The summed E-state index contributed by atoms with van der Waals surface area (Å²) in [5, 5.41) is 0.669. The first-order valence-corrected chi connectivity index (χ1v) is 9.07. The van der Waals surface area contributed by atoms with Gasteiger partial charge < -0.3 is 14.9 Å². The Morgan fingerprint density at radius 2 is 1.88 bits per heavy atom. The molecule has 0 amide bonds. The van der Waals surface area contributed by atoms with Gasteiger partial charge in [0.15, 0.2) is 11.5 Å². The second-order valence-electron chi connectivity index (χ2n) is 5.95. The average molecular weight is 395 g/mol. The monoisotopic (exact) mass is 394 g/mol. The fourth-order valence-electron chi connectivity index (χ4n) is 2.91. The maximum absolute atomic E-state index is 6.14. The van der Waals surface area contributed by atoms with Crippen LogP contribution in [0.4, 0.5) is 5.69 Å². The van der Waals surface area contributed by atoms with Gasteiger partial charge in [-0.2, -0.15) is 0 Å². The molecule has 2 aromatic rings. The molecule has 1 aliphatic carbocycles. The van der Waals surface area contributed by atoms with E-state index in [0.717, 1.165) is 18.4 Å². The molecule has 26 heavy (non-hydrogen) atoms. The summed E-state index contributed by atoms with van der Waals surface area (Å²) in [5.74, 6) is 7.41. The molecule has 0 unspecified atom stereocenters. The summed E-state index contributed by atoms with van der Waals surface area (Å²) in [6, 6.07) is 5.50. The van der Waals surface area contributed by atoms with E-state index in [1.165, 1.54) is 25.2 Å². The van der Waals surface area contributed by atoms with Crippen LogP contribution in [-0.4, -0.2) is 24.0 Å². The maximum Gasteiger partial charge on any atom is 0.162 e. The van der Waals surface area contributed by atoms with E-state index in [2.05, 4.69) is 15.4 Å². The van der Waals surface area contributed by atoms with Crippen LogP contribution < -0.4 is 20.7 Å². The van der Waals surface area contributed by atoms with Crippen molar-refractivity contribution in [2.45, 2.75) is 31.8 Å². The van der Waals surface area contributed by atoms with Crippen LogP contribution in [0.2, 0.25) is 10.0 Å². The fourth-order valence-corrected chi connectivity index (χ4v) is 3.35. The number of nitrogens with one attached hydrogen (secondary N) is 1. The molecule has 1 fully saturated rings. The Morgan fingerprint density at radius 3 is 2.50 bits per heavy atom. The molecular weight excluding hydrogens is 375 g/mol. The van der Waals surface area contributed by atoms with Crippen LogP contribution in [0.15, 0.2) is 35.6 Å². The van der Waals surface area contributed by atoms with Crippen molar-refractivity contribution in [2.75, 3.05) is 7.11 Å². The summed E-state index contributed by atoms with van der Waals surface area (Å²) in [6.07, 6.45) is 7.61. The van der Waals surface area contributed by atoms with Gasteiger partial charge in [0.05, 0.1) is 23.3 Å². The lowest BCUT2D eigenvalue weighted by atomic mass is 10.1. The minimum absolute atomic E-state index is 0.203. The van der Waals surface area contributed by atoms with Gasteiger partial charge in [-0.05, 0) is 43.9 Å². The number of benzene rings is 1. The third-order valence-corrected chi connectivity index (χ3v) is 4.77. The van der Waals surface area contributed by atoms with Gasteiger partial charge in [0.1, 0.15) is 11.5 Å². The number of methoxy groups -OCH3 is 1. The number of amidine groups is 1. The molecule has 0 radical (unpaired) electrons. The normalized spacial score (nSPS) is 15.2. The Bertz CT molecular complexity index is 788. The Hall–Kier alpha value is -2.02. The number of aliphatic imine (C=N–C) groups is 1. The van der Waals surface area contributed by atoms with Crippen LogP contribution in [0.5, 0.6) is 11.5 Å². The maximum atomic E-state index is 6.14. The summed E-state index contributed by atoms with van der Waals surface area (Å²) >= 11 is 12.3. The predicted octanol–water partition coefficient (Wildman–Crippen LogP) is 4.26. The molecule has 1 aromatic heterocycles. The minimum atomic E-state index is 0.203. The predicted molar refractivity (Wildman–Crippen MR) is 104 cm³/mol. The van der Waals surface area contributed by atoms with Gasteiger partial charge >= 0.3 is 0 Å². The van der Waals surface area contributed by atoms with Crippen molar-refractivity contribution in [3.63, 3.8) is 0 Å². The summed E-state index contributed by atoms with van der Waals surface area (Å²) < 4.78 is 11.5. The SMILES string of the molecule is COc1ccc(C(=Nc2c(Cl)cncc2Cl)NN)cc1OC1CCCC1. The van der Waals surface area contributed by atoms with Gasteiger partial charge in [-0.25, -0.2) is 10.8 Å². The first kappa shape index (κ1) is 18.8. The van der Waals surface area contributed by atoms with Crippen LogP contribution in [0.3, 0.4) is 0 Å². The molecule has 0 atom stereocenters. The number of pyridine rings is 1. The molecule has 1 saturated carbocycles. The van der Waals surface area contributed by atoms with Gasteiger partial charge in [0.2, 0.25) is 0 Å². The number of ether oxygens (including phenoxy) is 2. The van der Waals surface area contributed by atoms with Gasteiger partial charge in [0, 0.05) is 18.0 Å². The van der Waals surface area contributed by atoms with E-state index in [1.807, 2.05) is 18.2 Å². The number of hydrazine groups is 1. The lowest BCUT2D eigenvalue weighted by molar-refractivity contribution is 0.201. The van der Waals surface area contributed by atoms with E-state index in [1.54, 1.807) is 7.11 Å². The van der Waals surface area contributed by atoms with Gasteiger partial charge in [-0.15, -0.1) is 0 Å². The molecule has 3 rings (SSSR count). The molecular formula is C18H20Cl2N4O2. The van der Waals surface area contributed by atoms with E-state index in [0.29, 0.717) is 33.1 Å². The van der Waals surface area contributed by atoms with Crippen molar-refractivity contribution in [2.24, 2.45) is 10.8 Å². The topological polar surface area (TPSA) is 81.8 Å². The van der Waals surface area contributed by atoms with E-state index < -0.39 is 0 Å². The molecule has 3 N–H and O–H groups in total. The zero-order valence-corrected chi connectivity index (χ0v) is 15.8. The van der Waals surface area contributed by atoms with Gasteiger partial charge in [-0.1, -0.05) is 23.2 Å². The minimum Gasteiger partial charge on any atom is -0.493 e. The highest BCUT2D eigenvalue weighted by Gasteiger charge is 2.19.